The fourth-order valence-electron chi connectivity index (χ4n) is 2.09. The summed E-state index contributed by atoms with van der Waals surface area (Å²) >= 11 is 7.65. The molecule has 0 saturated heterocycles. The van der Waals surface area contributed by atoms with Crippen molar-refractivity contribution in [3.8, 4) is 0 Å². The first-order valence-corrected chi connectivity index (χ1v) is 9.45. The lowest BCUT2D eigenvalue weighted by atomic mass is 10.1. The second kappa shape index (κ2) is 9.60. The van der Waals surface area contributed by atoms with E-state index in [-0.39, 0.29) is 6.03 Å². The summed E-state index contributed by atoms with van der Waals surface area (Å²) in [6, 6.07) is 15.6. The minimum atomic E-state index is -0.164. The van der Waals surface area contributed by atoms with E-state index in [4.69, 9.17) is 11.6 Å². The molecule has 0 aromatic heterocycles. The molecular weight excluding hydrogens is 340 g/mol. The number of benzene rings is 2. The zero-order valence-corrected chi connectivity index (χ0v) is 15.6. The van der Waals surface area contributed by atoms with Crippen LogP contribution < -0.4 is 10.6 Å². The molecule has 2 N–H and O–H groups in total. The maximum absolute atomic E-state index is 11.9. The molecular formula is C19H23ClN2OS. The Morgan fingerprint density at radius 2 is 1.79 bits per heavy atom. The van der Waals surface area contributed by atoms with Crippen LogP contribution in [0.1, 0.15) is 19.4 Å². The second-order valence-electron chi connectivity index (χ2n) is 5.76. The lowest BCUT2D eigenvalue weighted by molar-refractivity contribution is 0.251. The van der Waals surface area contributed by atoms with Crippen molar-refractivity contribution < 1.29 is 4.79 Å². The predicted molar refractivity (Wildman–Crippen MR) is 104 cm³/mol. The summed E-state index contributed by atoms with van der Waals surface area (Å²) in [7, 11) is 0. The molecule has 1 atom stereocenters. The van der Waals surface area contributed by atoms with Crippen LogP contribution in [0.2, 0.25) is 5.02 Å². The molecule has 3 nitrogen and oxygen atoms in total. The molecule has 0 aliphatic carbocycles. The normalized spacial score (nSPS) is 11.8. The highest BCUT2D eigenvalue weighted by atomic mass is 35.5. The molecule has 0 aliphatic rings. The highest BCUT2D eigenvalue weighted by Gasteiger charge is 2.07. The number of carbonyl (C=O) groups is 1. The third-order valence-electron chi connectivity index (χ3n) is 3.58. The summed E-state index contributed by atoms with van der Waals surface area (Å²) < 4.78 is 0. The van der Waals surface area contributed by atoms with Crippen LogP contribution in [0.15, 0.2) is 53.4 Å². The zero-order valence-electron chi connectivity index (χ0n) is 14.0. The largest absolute Gasteiger partial charge is 0.338 e. The molecule has 24 heavy (non-hydrogen) atoms. The first kappa shape index (κ1) is 18.7. The van der Waals surface area contributed by atoms with Crippen LogP contribution in [-0.2, 0) is 6.42 Å². The van der Waals surface area contributed by atoms with E-state index < -0.39 is 0 Å². The van der Waals surface area contributed by atoms with Crippen LogP contribution in [0.5, 0.6) is 0 Å². The fraction of sp³-hybridized carbons (Fsp3) is 0.316. The number of amides is 2. The number of hydrogen-bond acceptors (Lipinski definition) is 2. The van der Waals surface area contributed by atoms with Gasteiger partial charge in [-0.15, -0.1) is 11.8 Å². The molecule has 128 valence electrons. The highest BCUT2D eigenvalue weighted by Crippen LogP contribution is 2.22. The molecule has 0 fully saturated rings. The Balaban J connectivity index is 1.69. The fourth-order valence-corrected chi connectivity index (χ4v) is 3.14. The van der Waals surface area contributed by atoms with E-state index >= 15 is 0 Å². The number of nitrogens with one attached hydrogen (secondary N) is 2. The van der Waals surface area contributed by atoms with Gasteiger partial charge in [-0.25, -0.2) is 4.79 Å². The van der Waals surface area contributed by atoms with Crippen LogP contribution in [0, 0.1) is 5.92 Å². The summed E-state index contributed by atoms with van der Waals surface area (Å²) in [6.07, 6.45) is 0.995. The van der Waals surface area contributed by atoms with Gasteiger partial charge in [0.1, 0.15) is 0 Å². The number of hydrogen-bond donors (Lipinski definition) is 2. The van der Waals surface area contributed by atoms with Gasteiger partial charge in [0, 0.05) is 27.9 Å². The third kappa shape index (κ3) is 6.46. The van der Waals surface area contributed by atoms with Gasteiger partial charge in [-0.2, -0.15) is 0 Å². The summed E-state index contributed by atoms with van der Waals surface area (Å²) in [5.41, 5.74) is 2.07. The van der Waals surface area contributed by atoms with E-state index in [1.807, 2.05) is 48.5 Å². The molecule has 0 bridgehead atoms. The van der Waals surface area contributed by atoms with Crippen molar-refractivity contribution in [2.75, 3.05) is 17.6 Å². The van der Waals surface area contributed by atoms with Crippen LogP contribution in [0.25, 0.3) is 0 Å². The minimum Gasteiger partial charge on any atom is -0.338 e. The van der Waals surface area contributed by atoms with E-state index in [1.165, 1.54) is 10.5 Å². The average Bonchev–Trinajstić information content (AvgIpc) is 2.60. The van der Waals surface area contributed by atoms with Crippen LogP contribution in [0.3, 0.4) is 0 Å². The van der Waals surface area contributed by atoms with Crippen molar-refractivity contribution in [3.63, 3.8) is 0 Å². The first-order valence-electron chi connectivity index (χ1n) is 8.09. The summed E-state index contributed by atoms with van der Waals surface area (Å²) in [5, 5.41) is 6.53. The third-order valence-corrected chi connectivity index (χ3v) is 5.17. The Kier molecular flexibility index (Phi) is 7.47. The van der Waals surface area contributed by atoms with E-state index in [0.29, 0.717) is 12.5 Å². The predicted octanol–water partition coefficient (Wildman–Crippen LogP) is 5.45. The monoisotopic (exact) mass is 362 g/mol. The zero-order chi connectivity index (χ0) is 17.4. The van der Waals surface area contributed by atoms with Gasteiger partial charge in [-0.05, 0) is 54.3 Å². The van der Waals surface area contributed by atoms with Crippen molar-refractivity contribution >= 4 is 35.1 Å². The smallest absolute Gasteiger partial charge is 0.319 e. The molecule has 0 radical (unpaired) electrons. The van der Waals surface area contributed by atoms with Crippen molar-refractivity contribution in [1.29, 1.82) is 0 Å². The molecule has 2 rings (SSSR count). The number of carbonyl (C=O) groups excluding carboxylic acids is 1. The van der Waals surface area contributed by atoms with Crippen molar-refractivity contribution in [1.82, 2.24) is 5.32 Å². The quantitative estimate of drug-likeness (QED) is 0.643. The number of rotatable bonds is 7. The molecule has 0 heterocycles. The van der Waals surface area contributed by atoms with Gasteiger partial charge in [0.2, 0.25) is 0 Å². The molecule has 2 amide bonds. The van der Waals surface area contributed by atoms with Gasteiger partial charge in [-0.1, -0.05) is 37.6 Å². The number of thioether (sulfide) groups is 1. The Hall–Kier alpha value is -1.65. The van der Waals surface area contributed by atoms with Gasteiger partial charge >= 0.3 is 6.03 Å². The van der Waals surface area contributed by atoms with Crippen LogP contribution in [-0.4, -0.2) is 18.3 Å². The summed E-state index contributed by atoms with van der Waals surface area (Å²) in [6.45, 7) is 4.87. The lowest BCUT2D eigenvalue weighted by Crippen LogP contribution is -2.32. The van der Waals surface area contributed by atoms with Crippen LogP contribution in [0.4, 0.5) is 10.5 Å². The Bertz CT molecular complexity index is 643. The van der Waals surface area contributed by atoms with E-state index in [9.17, 15) is 4.79 Å². The van der Waals surface area contributed by atoms with Gasteiger partial charge in [0.25, 0.3) is 0 Å². The minimum absolute atomic E-state index is 0.164. The van der Waals surface area contributed by atoms with E-state index in [2.05, 4.69) is 24.5 Å². The van der Waals surface area contributed by atoms with Gasteiger partial charge in [-0.3, -0.25) is 0 Å². The SMILES string of the molecule is CCc1ccc(NC(=O)NC[C@H](C)CSc2ccc(Cl)cc2)cc1. The van der Waals surface area contributed by atoms with Gasteiger partial charge < -0.3 is 10.6 Å². The molecule has 0 saturated carbocycles. The maximum Gasteiger partial charge on any atom is 0.319 e. The molecule has 0 unspecified atom stereocenters. The molecule has 0 spiro atoms. The Labute approximate surface area is 153 Å². The lowest BCUT2D eigenvalue weighted by Gasteiger charge is -2.13. The molecule has 0 aliphatic heterocycles. The first-order chi connectivity index (χ1) is 11.6. The van der Waals surface area contributed by atoms with Crippen molar-refractivity contribution in [3.05, 3.63) is 59.1 Å². The molecule has 5 heteroatoms. The Morgan fingerprint density at radius 3 is 2.42 bits per heavy atom. The number of urea groups is 1. The van der Waals surface area contributed by atoms with Crippen molar-refractivity contribution in [2.45, 2.75) is 25.2 Å². The number of aryl methyl sites for hydroxylation is 1. The second-order valence-corrected chi connectivity index (χ2v) is 7.29. The van der Waals surface area contributed by atoms with Crippen molar-refractivity contribution in [2.24, 2.45) is 5.92 Å². The molecule has 2 aromatic rings. The Morgan fingerprint density at radius 1 is 1.12 bits per heavy atom. The molecule has 2 aromatic carbocycles. The number of halogens is 1. The summed E-state index contributed by atoms with van der Waals surface area (Å²) in [5.74, 6) is 1.31. The average molecular weight is 363 g/mol. The standard InChI is InChI=1S/C19H23ClN2OS/c1-3-15-4-8-17(9-5-15)22-19(23)21-12-14(2)13-24-18-10-6-16(20)7-11-18/h4-11,14H,3,12-13H2,1-2H3,(H2,21,22,23)/t14-/m0/s1. The van der Waals surface area contributed by atoms with Crippen LogP contribution >= 0.6 is 23.4 Å². The van der Waals surface area contributed by atoms with E-state index in [0.717, 1.165) is 22.9 Å². The summed E-state index contributed by atoms with van der Waals surface area (Å²) in [4.78, 5) is 13.1. The van der Waals surface area contributed by atoms with E-state index in [1.54, 1.807) is 11.8 Å². The van der Waals surface area contributed by atoms with Gasteiger partial charge in [0.05, 0.1) is 0 Å². The number of anilines is 1. The maximum atomic E-state index is 11.9. The van der Waals surface area contributed by atoms with Gasteiger partial charge in [0.15, 0.2) is 0 Å². The topological polar surface area (TPSA) is 41.1 Å². The highest BCUT2D eigenvalue weighted by molar-refractivity contribution is 7.99.